The smallest absolute Gasteiger partial charge is 0.362 e. The minimum atomic E-state index is -0.500. The molecule has 2 heterocycles. The van der Waals surface area contributed by atoms with Crippen molar-refractivity contribution < 1.29 is 9.53 Å². The number of nitrogens with zero attached hydrogens (tertiary/aromatic N) is 1. The molecule has 0 radical (unpaired) electrons. The second kappa shape index (κ2) is 5.41. The third-order valence-electron chi connectivity index (χ3n) is 3.62. The van der Waals surface area contributed by atoms with Crippen molar-refractivity contribution in [3.63, 3.8) is 0 Å². The molecule has 0 aliphatic rings. The first kappa shape index (κ1) is 13.8. The third kappa shape index (κ3) is 2.53. The van der Waals surface area contributed by atoms with Crippen LogP contribution >= 0.6 is 11.6 Å². The van der Waals surface area contributed by atoms with Gasteiger partial charge in [0.1, 0.15) is 11.4 Å². The predicted octanol–water partition coefficient (Wildman–Crippen LogP) is 4.59. The van der Waals surface area contributed by atoms with Crippen LogP contribution in [0.1, 0.15) is 10.5 Å². The molecular formula is C18H11ClN2O2. The van der Waals surface area contributed by atoms with E-state index in [1.807, 2.05) is 24.3 Å². The molecule has 1 N–H and O–H groups in total. The van der Waals surface area contributed by atoms with Crippen LogP contribution in [0, 0.1) is 0 Å². The number of aromatic nitrogens is 2. The van der Waals surface area contributed by atoms with Gasteiger partial charge in [0.25, 0.3) is 0 Å². The zero-order valence-corrected chi connectivity index (χ0v) is 12.7. The number of nitrogens with one attached hydrogen (secondary N) is 1. The molecule has 4 rings (SSSR count). The predicted molar refractivity (Wildman–Crippen MR) is 90.0 cm³/mol. The van der Waals surface area contributed by atoms with E-state index < -0.39 is 5.97 Å². The molecule has 0 saturated heterocycles. The van der Waals surface area contributed by atoms with Crippen LogP contribution in [-0.2, 0) is 0 Å². The van der Waals surface area contributed by atoms with E-state index in [1.54, 1.807) is 36.5 Å². The first-order chi connectivity index (χ1) is 11.2. The topological polar surface area (TPSA) is 55.0 Å². The van der Waals surface area contributed by atoms with Crippen molar-refractivity contribution in [3.8, 4) is 5.75 Å². The molecule has 0 amide bonds. The van der Waals surface area contributed by atoms with Gasteiger partial charge in [0.2, 0.25) is 0 Å². The van der Waals surface area contributed by atoms with E-state index in [2.05, 4.69) is 9.97 Å². The van der Waals surface area contributed by atoms with Gasteiger partial charge in [-0.15, -0.1) is 0 Å². The molecule has 0 atom stereocenters. The summed E-state index contributed by atoms with van der Waals surface area (Å²) in [4.78, 5) is 19.7. The fourth-order valence-corrected chi connectivity index (χ4v) is 2.65. The van der Waals surface area contributed by atoms with Gasteiger partial charge in [0.15, 0.2) is 0 Å². The molecule has 0 aliphatic carbocycles. The van der Waals surface area contributed by atoms with Crippen LogP contribution in [0.15, 0.2) is 60.8 Å². The fraction of sp³-hybridized carbons (Fsp3) is 0. The number of carbonyl (C=O) groups is 1. The molecule has 0 unspecified atom stereocenters. The van der Waals surface area contributed by atoms with Crippen LogP contribution in [0.3, 0.4) is 0 Å². The van der Waals surface area contributed by atoms with Gasteiger partial charge in [0.05, 0.1) is 11.7 Å². The number of halogens is 1. The lowest BCUT2D eigenvalue weighted by molar-refractivity contribution is 0.0729. The normalized spacial score (nSPS) is 11.0. The van der Waals surface area contributed by atoms with Crippen LogP contribution in [-0.4, -0.2) is 15.9 Å². The standard InChI is InChI=1S/C18H11ClN2O2/c19-11-5-7-12(8-6-11)23-18(22)16-9-14-13-3-1-2-4-15(13)21-17(14)10-20-16/h1-10,21H. The lowest BCUT2D eigenvalue weighted by Gasteiger charge is -2.04. The summed E-state index contributed by atoms with van der Waals surface area (Å²) in [7, 11) is 0. The maximum atomic E-state index is 12.3. The number of ether oxygens (including phenoxy) is 1. The molecule has 5 heteroatoms. The van der Waals surface area contributed by atoms with Crippen molar-refractivity contribution in [1.29, 1.82) is 0 Å². The molecule has 4 aromatic rings. The highest BCUT2D eigenvalue weighted by Gasteiger charge is 2.13. The van der Waals surface area contributed by atoms with Gasteiger partial charge in [-0.1, -0.05) is 29.8 Å². The molecule has 4 nitrogen and oxygen atoms in total. The molecule has 0 bridgehead atoms. The van der Waals surface area contributed by atoms with Gasteiger partial charge in [-0.25, -0.2) is 9.78 Å². The fourth-order valence-electron chi connectivity index (χ4n) is 2.52. The average molecular weight is 323 g/mol. The summed E-state index contributed by atoms with van der Waals surface area (Å²) in [6.45, 7) is 0. The summed E-state index contributed by atoms with van der Waals surface area (Å²) in [5.41, 5.74) is 2.15. The van der Waals surface area contributed by atoms with Crippen molar-refractivity contribution in [1.82, 2.24) is 9.97 Å². The highest BCUT2D eigenvalue weighted by molar-refractivity contribution is 6.30. The van der Waals surface area contributed by atoms with Gasteiger partial charge in [-0.05, 0) is 36.4 Å². The molecule has 2 aromatic carbocycles. The summed E-state index contributed by atoms with van der Waals surface area (Å²) in [6.07, 6.45) is 1.65. The lowest BCUT2D eigenvalue weighted by Crippen LogP contribution is -2.10. The molecular weight excluding hydrogens is 312 g/mol. The van der Waals surface area contributed by atoms with E-state index in [-0.39, 0.29) is 5.69 Å². The number of para-hydroxylation sites is 1. The SMILES string of the molecule is O=C(Oc1ccc(Cl)cc1)c1cc2c(cn1)[nH]c1ccccc12. The van der Waals surface area contributed by atoms with Gasteiger partial charge < -0.3 is 9.72 Å². The first-order valence-electron chi connectivity index (χ1n) is 7.05. The van der Waals surface area contributed by atoms with Gasteiger partial charge in [-0.3, -0.25) is 0 Å². The Balaban J connectivity index is 1.71. The highest BCUT2D eigenvalue weighted by atomic mass is 35.5. The maximum Gasteiger partial charge on any atom is 0.362 e. The van der Waals surface area contributed by atoms with Crippen molar-refractivity contribution in [2.75, 3.05) is 0 Å². The Kier molecular flexibility index (Phi) is 3.24. The van der Waals surface area contributed by atoms with Crippen LogP contribution in [0.25, 0.3) is 21.8 Å². The highest BCUT2D eigenvalue weighted by Crippen LogP contribution is 2.25. The Bertz CT molecular complexity index is 1020. The van der Waals surface area contributed by atoms with Gasteiger partial charge in [0, 0.05) is 21.3 Å². The largest absolute Gasteiger partial charge is 0.422 e. The van der Waals surface area contributed by atoms with Crippen LogP contribution in [0.2, 0.25) is 5.02 Å². The van der Waals surface area contributed by atoms with Crippen molar-refractivity contribution in [3.05, 3.63) is 71.5 Å². The van der Waals surface area contributed by atoms with E-state index >= 15 is 0 Å². The summed E-state index contributed by atoms with van der Waals surface area (Å²) in [6, 6.07) is 16.3. The number of benzene rings is 2. The Morgan fingerprint density at radius 3 is 2.61 bits per heavy atom. The number of fused-ring (bicyclic) bond motifs is 3. The number of esters is 1. The third-order valence-corrected chi connectivity index (χ3v) is 3.88. The quantitative estimate of drug-likeness (QED) is 0.434. The molecule has 23 heavy (non-hydrogen) atoms. The Hall–Kier alpha value is -2.85. The Morgan fingerprint density at radius 1 is 1.00 bits per heavy atom. The number of hydrogen-bond acceptors (Lipinski definition) is 3. The minimum Gasteiger partial charge on any atom is -0.422 e. The minimum absolute atomic E-state index is 0.261. The monoisotopic (exact) mass is 322 g/mol. The number of aromatic amines is 1. The van der Waals surface area contributed by atoms with Crippen LogP contribution < -0.4 is 4.74 Å². The molecule has 0 fully saturated rings. The first-order valence-corrected chi connectivity index (χ1v) is 7.43. The Labute approximate surface area is 136 Å². The van der Waals surface area contributed by atoms with Crippen LogP contribution in [0.4, 0.5) is 0 Å². The van der Waals surface area contributed by atoms with Crippen molar-refractivity contribution in [2.45, 2.75) is 0 Å². The molecule has 0 saturated carbocycles. The second-order valence-corrected chi connectivity index (χ2v) is 5.57. The molecule has 112 valence electrons. The maximum absolute atomic E-state index is 12.3. The van der Waals surface area contributed by atoms with E-state index in [0.29, 0.717) is 10.8 Å². The van der Waals surface area contributed by atoms with E-state index in [4.69, 9.17) is 16.3 Å². The Morgan fingerprint density at radius 2 is 1.78 bits per heavy atom. The second-order valence-electron chi connectivity index (χ2n) is 5.13. The summed E-state index contributed by atoms with van der Waals surface area (Å²) < 4.78 is 5.32. The number of hydrogen-bond donors (Lipinski definition) is 1. The zero-order valence-electron chi connectivity index (χ0n) is 11.9. The van der Waals surface area contributed by atoms with E-state index in [1.165, 1.54) is 0 Å². The van der Waals surface area contributed by atoms with Crippen LogP contribution in [0.5, 0.6) is 5.75 Å². The lowest BCUT2D eigenvalue weighted by atomic mass is 10.1. The molecule has 0 spiro atoms. The summed E-state index contributed by atoms with van der Waals surface area (Å²) in [5.74, 6) is -0.0697. The summed E-state index contributed by atoms with van der Waals surface area (Å²) >= 11 is 5.82. The number of carbonyl (C=O) groups excluding carboxylic acids is 1. The molecule has 2 aromatic heterocycles. The number of H-pyrrole nitrogens is 1. The van der Waals surface area contributed by atoms with E-state index in [0.717, 1.165) is 21.8 Å². The number of pyridine rings is 1. The number of rotatable bonds is 2. The average Bonchev–Trinajstić information content (AvgIpc) is 2.94. The van der Waals surface area contributed by atoms with Crippen molar-refractivity contribution in [2.24, 2.45) is 0 Å². The van der Waals surface area contributed by atoms with Gasteiger partial charge in [-0.2, -0.15) is 0 Å². The van der Waals surface area contributed by atoms with Gasteiger partial charge >= 0.3 is 5.97 Å². The summed E-state index contributed by atoms with van der Waals surface area (Å²) in [5, 5.41) is 2.58. The molecule has 0 aliphatic heterocycles. The van der Waals surface area contributed by atoms with E-state index in [9.17, 15) is 4.79 Å². The zero-order chi connectivity index (χ0) is 15.8. The van der Waals surface area contributed by atoms with Crippen molar-refractivity contribution >= 4 is 39.4 Å².